The van der Waals surface area contributed by atoms with Crippen LogP contribution in [0.2, 0.25) is 0 Å². The van der Waals surface area contributed by atoms with Crippen molar-refractivity contribution in [2.24, 2.45) is 5.92 Å². The first-order chi connectivity index (χ1) is 9.01. The number of aromatic nitrogens is 1. The second-order valence-electron chi connectivity index (χ2n) is 5.58. The van der Waals surface area contributed by atoms with E-state index >= 15 is 0 Å². The maximum Gasteiger partial charge on any atom is 0.267 e. The van der Waals surface area contributed by atoms with E-state index in [9.17, 15) is 10.1 Å². The fourth-order valence-corrected chi connectivity index (χ4v) is 3.05. The van der Waals surface area contributed by atoms with Crippen molar-refractivity contribution in [1.82, 2.24) is 4.98 Å². The first-order valence-corrected chi connectivity index (χ1v) is 6.61. The normalized spacial score (nSPS) is 21.6. The van der Waals surface area contributed by atoms with Gasteiger partial charge in [-0.25, -0.2) is 0 Å². The SMILES string of the molecule is CC(C)[C@@H]1CC[C@H](C)c2c1[nH]c(=O)c(C#N)c2C#N. The number of pyridine rings is 1. The molecule has 4 heteroatoms. The number of hydrogen-bond donors (Lipinski definition) is 1. The summed E-state index contributed by atoms with van der Waals surface area (Å²) >= 11 is 0. The highest BCUT2D eigenvalue weighted by Crippen LogP contribution is 2.42. The van der Waals surface area contributed by atoms with E-state index in [4.69, 9.17) is 5.26 Å². The number of nitrogens with zero attached hydrogens (tertiary/aromatic N) is 2. The maximum atomic E-state index is 11.9. The topological polar surface area (TPSA) is 80.4 Å². The molecule has 0 spiro atoms. The van der Waals surface area contributed by atoms with Gasteiger partial charge >= 0.3 is 0 Å². The van der Waals surface area contributed by atoms with Crippen molar-refractivity contribution in [1.29, 1.82) is 10.5 Å². The molecule has 0 fully saturated rings. The highest BCUT2D eigenvalue weighted by Gasteiger charge is 2.31. The van der Waals surface area contributed by atoms with Crippen LogP contribution in [0.1, 0.15) is 67.8 Å². The lowest BCUT2D eigenvalue weighted by Crippen LogP contribution is -2.26. The molecule has 0 saturated heterocycles. The highest BCUT2D eigenvalue weighted by molar-refractivity contribution is 5.53. The van der Waals surface area contributed by atoms with E-state index < -0.39 is 5.56 Å². The van der Waals surface area contributed by atoms with Crippen LogP contribution in [0.3, 0.4) is 0 Å². The van der Waals surface area contributed by atoms with Crippen LogP contribution in [0, 0.1) is 28.6 Å². The Bertz CT molecular complexity index is 643. The first kappa shape index (κ1) is 13.4. The number of fused-ring (bicyclic) bond motifs is 1. The van der Waals surface area contributed by atoms with Crippen molar-refractivity contribution in [2.75, 3.05) is 0 Å². The molecular formula is C15H17N3O. The summed E-state index contributed by atoms with van der Waals surface area (Å²) in [7, 11) is 0. The molecule has 0 saturated carbocycles. The Hall–Kier alpha value is -2.07. The first-order valence-electron chi connectivity index (χ1n) is 6.61. The van der Waals surface area contributed by atoms with Gasteiger partial charge in [-0.1, -0.05) is 20.8 Å². The number of nitriles is 2. The molecule has 0 aliphatic heterocycles. The smallest absolute Gasteiger partial charge is 0.267 e. The van der Waals surface area contributed by atoms with E-state index in [2.05, 4.69) is 31.8 Å². The third kappa shape index (κ3) is 2.04. The summed E-state index contributed by atoms with van der Waals surface area (Å²) in [5.41, 5.74) is 1.55. The van der Waals surface area contributed by atoms with E-state index in [0.717, 1.165) is 24.1 Å². The molecule has 0 amide bonds. The van der Waals surface area contributed by atoms with Crippen molar-refractivity contribution >= 4 is 0 Å². The third-order valence-corrected chi connectivity index (χ3v) is 4.09. The fourth-order valence-electron chi connectivity index (χ4n) is 3.05. The lowest BCUT2D eigenvalue weighted by Gasteiger charge is -2.32. The minimum atomic E-state index is -0.433. The van der Waals surface area contributed by atoms with Gasteiger partial charge in [0, 0.05) is 11.6 Å². The van der Waals surface area contributed by atoms with Gasteiger partial charge in [0.25, 0.3) is 5.56 Å². The second-order valence-corrected chi connectivity index (χ2v) is 5.58. The average Bonchev–Trinajstić information content (AvgIpc) is 2.37. The number of aromatic amines is 1. The van der Waals surface area contributed by atoms with E-state index in [1.54, 1.807) is 0 Å². The lowest BCUT2D eigenvalue weighted by atomic mass is 9.74. The minimum Gasteiger partial charge on any atom is -0.324 e. The molecule has 0 bridgehead atoms. The monoisotopic (exact) mass is 255 g/mol. The van der Waals surface area contributed by atoms with Gasteiger partial charge in [-0.3, -0.25) is 4.79 Å². The van der Waals surface area contributed by atoms with Gasteiger partial charge in [0.1, 0.15) is 17.7 Å². The van der Waals surface area contributed by atoms with Crippen LogP contribution in [0.15, 0.2) is 4.79 Å². The molecule has 98 valence electrons. The number of hydrogen-bond acceptors (Lipinski definition) is 3. The highest BCUT2D eigenvalue weighted by atomic mass is 16.1. The Morgan fingerprint density at radius 1 is 1.21 bits per heavy atom. The molecule has 2 atom stereocenters. The lowest BCUT2D eigenvalue weighted by molar-refractivity contribution is 0.399. The Morgan fingerprint density at radius 2 is 1.84 bits per heavy atom. The van der Waals surface area contributed by atoms with Crippen LogP contribution < -0.4 is 5.56 Å². The molecule has 1 aliphatic carbocycles. The Morgan fingerprint density at radius 3 is 2.37 bits per heavy atom. The molecule has 0 radical (unpaired) electrons. The van der Waals surface area contributed by atoms with Crippen molar-refractivity contribution in [3.63, 3.8) is 0 Å². The zero-order valence-corrected chi connectivity index (χ0v) is 11.4. The van der Waals surface area contributed by atoms with E-state index in [1.807, 2.05) is 6.07 Å². The molecule has 0 unspecified atom stereocenters. The van der Waals surface area contributed by atoms with Gasteiger partial charge in [-0.05, 0) is 30.2 Å². The summed E-state index contributed by atoms with van der Waals surface area (Å²) in [6.07, 6.45) is 2.00. The molecule has 1 heterocycles. The Balaban J connectivity index is 2.81. The van der Waals surface area contributed by atoms with Gasteiger partial charge in [-0.15, -0.1) is 0 Å². The van der Waals surface area contributed by atoms with E-state index in [-0.39, 0.29) is 23.0 Å². The molecule has 4 nitrogen and oxygen atoms in total. The predicted octanol–water partition coefficient (Wildman–Crippen LogP) is 2.76. The van der Waals surface area contributed by atoms with Gasteiger partial charge < -0.3 is 4.98 Å². The Labute approximate surface area is 112 Å². The van der Waals surface area contributed by atoms with Gasteiger partial charge in [0.2, 0.25) is 0 Å². The summed E-state index contributed by atoms with van der Waals surface area (Å²) in [5.74, 6) is 0.878. The largest absolute Gasteiger partial charge is 0.324 e. The standard InChI is InChI=1S/C15H17N3O/c1-8(2)10-5-4-9(3)13-11(6-16)12(7-17)15(19)18-14(10)13/h8-10H,4-5H2,1-3H3,(H,18,19)/t9-,10-/m0/s1. The Kier molecular flexibility index (Phi) is 3.44. The van der Waals surface area contributed by atoms with E-state index in [1.165, 1.54) is 0 Å². The third-order valence-electron chi connectivity index (χ3n) is 4.09. The van der Waals surface area contributed by atoms with Crippen molar-refractivity contribution < 1.29 is 0 Å². The van der Waals surface area contributed by atoms with Gasteiger partial charge in [0.15, 0.2) is 0 Å². The average molecular weight is 255 g/mol. The van der Waals surface area contributed by atoms with Gasteiger partial charge in [0.05, 0.1) is 5.56 Å². The molecule has 1 N–H and O–H groups in total. The molecule has 2 rings (SSSR count). The number of nitrogens with one attached hydrogen (secondary N) is 1. The summed E-state index contributed by atoms with van der Waals surface area (Å²) < 4.78 is 0. The molecule has 1 aromatic rings. The van der Waals surface area contributed by atoms with Crippen LogP contribution in [0.4, 0.5) is 0 Å². The summed E-state index contributed by atoms with van der Waals surface area (Å²) in [4.78, 5) is 14.8. The molecule has 1 aliphatic rings. The number of rotatable bonds is 1. The summed E-state index contributed by atoms with van der Waals surface area (Å²) in [6, 6.07) is 3.93. The van der Waals surface area contributed by atoms with Crippen LogP contribution in [0.5, 0.6) is 0 Å². The minimum absolute atomic E-state index is 0.0440. The van der Waals surface area contributed by atoms with Gasteiger partial charge in [-0.2, -0.15) is 10.5 Å². The zero-order valence-electron chi connectivity index (χ0n) is 11.4. The molecule has 1 aromatic heterocycles. The number of H-pyrrole nitrogens is 1. The van der Waals surface area contributed by atoms with Crippen LogP contribution >= 0.6 is 0 Å². The predicted molar refractivity (Wildman–Crippen MR) is 71.7 cm³/mol. The molecule has 0 aromatic carbocycles. The van der Waals surface area contributed by atoms with Crippen LogP contribution in [-0.2, 0) is 0 Å². The van der Waals surface area contributed by atoms with Crippen LogP contribution in [0.25, 0.3) is 0 Å². The van der Waals surface area contributed by atoms with Crippen molar-refractivity contribution in [2.45, 2.75) is 45.4 Å². The van der Waals surface area contributed by atoms with Crippen LogP contribution in [-0.4, -0.2) is 4.98 Å². The van der Waals surface area contributed by atoms with Crippen molar-refractivity contribution in [3.8, 4) is 12.1 Å². The zero-order chi connectivity index (χ0) is 14.2. The van der Waals surface area contributed by atoms with Crippen molar-refractivity contribution in [3.05, 3.63) is 32.7 Å². The quantitative estimate of drug-likeness (QED) is 0.837. The van der Waals surface area contributed by atoms with E-state index in [0.29, 0.717) is 5.92 Å². The molecule has 19 heavy (non-hydrogen) atoms. The summed E-state index contributed by atoms with van der Waals surface area (Å²) in [6.45, 7) is 6.29. The second kappa shape index (κ2) is 4.90. The summed E-state index contributed by atoms with van der Waals surface area (Å²) in [5, 5.41) is 18.4. The fraction of sp³-hybridized carbons (Fsp3) is 0.533. The molecular weight excluding hydrogens is 238 g/mol. The maximum absolute atomic E-state index is 11.9.